The van der Waals surface area contributed by atoms with Gasteiger partial charge in [0.15, 0.2) is 0 Å². The Morgan fingerprint density at radius 2 is 1.80 bits per heavy atom. The zero-order valence-corrected chi connectivity index (χ0v) is 15.3. The van der Waals surface area contributed by atoms with E-state index in [4.69, 9.17) is 23.2 Å². The van der Waals surface area contributed by atoms with Gasteiger partial charge in [-0.25, -0.2) is 9.97 Å². The first-order valence-corrected chi connectivity index (χ1v) is 9.23. The van der Waals surface area contributed by atoms with Crippen molar-refractivity contribution < 1.29 is 4.79 Å². The number of anilines is 2. The van der Waals surface area contributed by atoms with E-state index in [2.05, 4.69) is 20.6 Å². The molecule has 1 aliphatic carbocycles. The van der Waals surface area contributed by atoms with E-state index >= 15 is 0 Å². The van der Waals surface area contributed by atoms with Gasteiger partial charge in [0.05, 0.1) is 28.1 Å². The lowest BCUT2D eigenvalue weighted by molar-refractivity contribution is 0.102. The average Bonchev–Trinajstić information content (AvgIpc) is 2.88. The molecule has 1 heterocycles. The second-order valence-corrected chi connectivity index (χ2v) is 6.96. The molecule has 1 fully saturated rings. The molecule has 1 aliphatic rings. The molecule has 2 N–H and O–H groups in total. The number of carbonyl (C=O) groups excluding carboxylic acids is 1. The van der Waals surface area contributed by atoms with Crippen LogP contribution in [0.3, 0.4) is 0 Å². The molecular weight excluding hydrogens is 359 g/mol. The van der Waals surface area contributed by atoms with Crippen molar-refractivity contribution in [3.8, 4) is 0 Å². The van der Waals surface area contributed by atoms with Crippen LogP contribution in [0.5, 0.6) is 0 Å². The molecule has 5 nitrogen and oxygen atoms in total. The number of aromatic nitrogens is 2. The summed E-state index contributed by atoms with van der Waals surface area (Å²) in [5, 5.41) is 6.79. The molecule has 7 heteroatoms. The number of hydrogen-bond acceptors (Lipinski definition) is 4. The van der Waals surface area contributed by atoms with Crippen LogP contribution >= 0.6 is 23.2 Å². The molecule has 1 aromatic heterocycles. The van der Waals surface area contributed by atoms with Crippen LogP contribution in [-0.4, -0.2) is 21.9 Å². The first-order chi connectivity index (χ1) is 12.1. The van der Waals surface area contributed by atoms with Crippen LogP contribution in [0.25, 0.3) is 0 Å². The number of hydrogen-bond donors (Lipinski definition) is 2. The number of halogens is 2. The van der Waals surface area contributed by atoms with Gasteiger partial charge >= 0.3 is 0 Å². The van der Waals surface area contributed by atoms with Crippen molar-refractivity contribution in [1.29, 1.82) is 0 Å². The van der Waals surface area contributed by atoms with Gasteiger partial charge in [0, 0.05) is 6.04 Å². The van der Waals surface area contributed by atoms with Crippen LogP contribution < -0.4 is 10.6 Å². The Morgan fingerprint density at radius 1 is 1.04 bits per heavy atom. The van der Waals surface area contributed by atoms with Crippen molar-refractivity contribution in [2.24, 2.45) is 0 Å². The minimum atomic E-state index is -0.377. The molecular formula is C18H20Cl2N4O. The summed E-state index contributed by atoms with van der Waals surface area (Å²) in [6, 6.07) is 5.49. The van der Waals surface area contributed by atoms with E-state index in [1.807, 2.05) is 0 Å². The molecule has 0 atom stereocenters. The monoisotopic (exact) mass is 378 g/mol. The molecule has 0 radical (unpaired) electrons. The molecule has 132 valence electrons. The summed E-state index contributed by atoms with van der Waals surface area (Å²) in [7, 11) is 0. The largest absolute Gasteiger partial charge is 0.366 e. The molecule has 25 heavy (non-hydrogen) atoms. The molecule has 0 aliphatic heterocycles. The highest BCUT2D eigenvalue weighted by Crippen LogP contribution is 2.29. The van der Waals surface area contributed by atoms with Crippen LogP contribution in [0.4, 0.5) is 11.5 Å². The Bertz CT molecular complexity index is 728. The molecule has 1 amide bonds. The van der Waals surface area contributed by atoms with Gasteiger partial charge in [0.25, 0.3) is 5.91 Å². The van der Waals surface area contributed by atoms with Crippen molar-refractivity contribution in [2.75, 3.05) is 10.6 Å². The van der Waals surface area contributed by atoms with Crippen LogP contribution in [0.1, 0.15) is 49.0 Å². The summed E-state index contributed by atoms with van der Waals surface area (Å²) >= 11 is 12.0. The molecule has 0 bridgehead atoms. The lowest BCUT2D eigenvalue weighted by Crippen LogP contribution is -2.20. The van der Waals surface area contributed by atoms with E-state index in [1.54, 1.807) is 24.4 Å². The van der Waals surface area contributed by atoms with Gasteiger partial charge in [-0.15, -0.1) is 0 Å². The Hall–Kier alpha value is -1.85. The van der Waals surface area contributed by atoms with Crippen molar-refractivity contribution in [3.63, 3.8) is 0 Å². The van der Waals surface area contributed by atoms with Crippen LogP contribution in [0.2, 0.25) is 10.0 Å². The zero-order valence-electron chi connectivity index (χ0n) is 13.8. The number of rotatable bonds is 4. The van der Waals surface area contributed by atoms with Crippen LogP contribution in [0.15, 0.2) is 30.6 Å². The van der Waals surface area contributed by atoms with Gasteiger partial charge in [0.2, 0.25) is 0 Å². The van der Waals surface area contributed by atoms with Crippen molar-refractivity contribution >= 4 is 40.6 Å². The van der Waals surface area contributed by atoms with Crippen LogP contribution in [-0.2, 0) is 0 Å². The molecule has 1 aromatic carbocycles. The summed E-state index contributed by atoms with van der Waals surface area (Å²) in [6.45, 7) is 0. The van der Waals surface area contributed by atoms with Crippen LogP contribution in [0, 0.1) is 0 Å². The van der Waals surface area contributed by atoms with Gasteiger partial charge in [-0.3, -0.25) is 4.79 Å². The minimum Gasteiger partial charge on any atom is -0.366 e. The summed E-state index contributed by atoms with van der Waals surface area (Å²) in [5.74, 6) is 0.321. The van der Waals surface area contributed by atoms with E-state index in [0.29, 0.717) is 27.6 Å². The summed E-state index contributed by atoms with van der Waals surface area (Å²) in [5.41, 5.74) is 0.670. The maximum atomic E-state index is 12.3. The van der Waals surface area contributed by atoms with Crippen molar-refractivity contribution in [1.82, 2.24) is 9.97 Å². The molecule has 0 spiro atoms. The average molecular weight is 379 g/mol. The first-order valence-electron chi connectivity index (χ1n) is 8.47. The van der Waals surface area contributed by atoms with E-state index in [0.717, 1.165) is 12.8 Å². The number of carbonyl (C=O) groups is 1. The number of nitrogens with zero attached hydrogens (tertiary/aromatic N) is 2. The zero-order chi connectivity index (χ0) is 17.6. The Morgan fingerprint density at radius 3 is 2.48 bits per heavy atom. The summed E-state index contributed by atoms with van der Waals surface area (Å²) in [6.07, 6.45) is 10.4. The number of benzene rings is 1. The molecule has 0 unspecified atom stereocenters. The van der Waals surface area contributed by atoms with E-state index in [9.17, 15) is 4.79 Å². The predicted octanol–water partition coefficient (Wildman–Crippen LogP) is 5.17. The van der Waals surface area contributed by atoms with Gasteiger partial charge in [-0.05, 0) is 25.0 Å². The maximum Gasteiger partial charge on any atom is 0.275 e. The molecule has 2 aromatic rings. The van der Waals surface area contributed by atoms with Gasteiger partial charge in [-0.1, -0.05) is 55.0 Å². The smallest absolute Gasteiger partial charge is 0.275 e. The standard InChI is InChI=1S/C18H20Cl2N4O/c19-13-8-5-9-14(17(13)20)24-18(25)15-10-22-16(11-21-15)23-12-6-3-1-2-4-7-12/h5,8-12H,1-4,6-7H2,(H,22,23)(H,24,25). The highest BCUT2D eigenvalue weighted by atomic mass is 35.5. The highest BCUT2D eigenvalue weighted by molar-refractivity contribution is 6.44. The molecule has 1 saturated carbocycles. The van der Waals surface area contributed by atoms with E-state index < -0.39 is 0 Å². The molecule has 0 saturated heterocycles. The Labute approximate surface area is 157 Å². The minimum absolute atomic E-state index is 0.224. The third-order valence-electron chi connectivity index (χ3n) is 4.29. The Kier molecular flexibility index (Phi) is 6.10. The normalized spacial score (nSPS) is 15.4. The lowest BCUT2D eigenvalue weighted by Gasteiger charge is -2.16. The number of nitrogens with one attached hydrogen (secondary N) is 2. The van der Waals surface area contributed by atoms with Gasteiger partial charge in [-0.2, -0.15) is 0 Å². The fourth-order valence-electron chi connectivity index (χ4n) is 2.94. The third kappa shape index (κ3) is 4.83. The third-order valence-corrected chi connectivity index (χ3v) is 5.11. The van der Waals surface area contributed by atoms with Gasteiger partial charge < -0.3 is 10.6 Å². The van der Waals surface area contributed by atoms with E-state index in [1.165, 1.54) is 31.9 Å². The van der Waals surface area contributed by atoms with Crippen molar-refractivity contribution in [2.45, 2.75) is 44.6 Å². The summed E-state index contributed by atoms with van der Waals surface area (Å²) in [4.78, 5) is 20.8. The van der Waals surface area contributed by atoms with E-state index in [-0.39, 0.29) is 11.6 Å². The summed E-state index contributed by atoms with van der Waals surface area (Å²) < 4.78 is 0. The predicted molar refractivity (Wildman–Crippen MR) is 102 cm³/mol. The first kappa shape index (κ1) is 18.0. The highest BCUT2D eigenvalue weighted by Gasteiger charge is 2.14. The number of amides is 1. The SMILES string of the molecule is O=C(Nc1cccc(Cl)c1Cl)c1cnc(NC2CCCCCC2)cn1. The lowest BCUT2D eigenvalue weighted by atomic mass is 10.1. The fourth-order valence-corrected chi connectivity index (χ4v) is 3.29. The Balaban J connectivity index is 1.63. The van der Waals surface area contributed by atoms with Crippen molar-refractivity contribution in [3.05, 3.63) is 46.3 Å². The van der Waals surface area contributed by atoms with Gasteiger partial charge in [0.1, 0.15) is 11.5 Å². The molecule has 3 rings (SSSR count). The second kappa shape index (κ2) is 8.50. The topological polar surface area (TPSA) is 66.9 Å². The quantitative estimate of drug-likeness (QED) is 0.720. The fraction of sp³-hybridized carbons (Fsp3) is 0.389. The second-order valence-electron chi connectivity index (χ2n) is 6.18. The maximum absolute atomic E-state index is 12.3.